The maximum Gasteiger partial charge on any atom is 0.316 e. The van der Waals surface area contributed by atoms with Crippen LogP contribution in [0.2, 0.25) is 0 Å². The van der Waals surface area contributed by atoms with Crippen LogP contribution in [0, 0.1) is 5.41 Å². The molecule has 1 atom stereocenters. The van der Waals surface area contributed by atoms with Gasteiger partial charge < -0.3 is 15.5 Å². The van der Waals surface area contributed by atoms with E-state index in [-0.39, 0.29) is 11.4 Å². The number of urea groups is 1. The Morgan fingerprint density at radius 1 is 1.57 bits per heavy atom. The van der Waals surface area contributed by atoms with Crippen LogP contribution in [0.25, 0.3) is 0 Å². The molecule has 1 aliphatic rings. The lowest BCUT2D eigenvalue weighted by Gasteiger charge is -2.34. The molecule has 0 bridgehead atoms. The van der Waals surface area contributed by atoms with Crippen LogP contribution in [0.15, 0.2) is 0 Å². The first kappa shape index (κ1) is 11.3. The van der Waals surface area contributed by atoms with Gasteiger partial charge in [-0.15, -0.1) is 0 Å². The van der Waals surface area contributed by atoms with Gasteiger partial charge in [-0.2, -0.15) is 0 Å². The third-order valence-corrected chi connectivity index (χ3v) is 2.76. The zero-order valence-corrected chi connectivity index (χ0v) is 9.39. The fourth-order valence-electron chi connectivity index (χ4n) is 1.72. The molecule has 14 heavy (non-hydrogen) atoms. The highest BCUT2D eigenvalue weighted by Gasteiger charge is 2.27. The number of nitrogens with one attached hydrogen (secondary N) is 2. The predicted octanol–water partition coefficient (Wildman–Crippen LogP) is 0.647. The van der Waals surface area contributed by atoms with E-state index in [0.717, 1.165) is 19.6 Å². The monoisotopic (exact) mass is 199 g/mol. The summed E-state index contributed by atoms with van der Waals surface area (Å²) in [7, 11) is 3.52. The Morgan fingerprint density at radius 3 is 2.79 bits per heavy atom. The van der Waals surface area contributed by atoms with Crippen molar-refractivity contribution >= 4 is 6.03 Å². The van der Waals surface area contributed by atoms with Crippen molar-refractivity contribution in [1.82, 2.24) is 15.5 Å². The largest absolute Gasteiger partial charge is 0.337 e. The van der Waals surface area contributed by atoms with E-state index in [1.807, 2.05) is 0 Å². The number of carbonyl (C=O) groups is 1. The van der Waals surface area contributed by atoms with Gasteiger partial charge in [0.1, 0.15) is 0 Å². The fourth-order valence-corrected chi connectivity index (χ4v) is 1.72. The molecule has 0 aromatic heterocycles. The van der Waals surface area contributed by atoms with Crippen LogP contribution >= 0.6 is 0 Å². The molecule has 0 spiro atoms. The van der Waals surface area contributed by atoms with Crippen LogP contribution < -0.4 is 10.6 Å². The van der Waals surface area contributed by atoms with E-state index in [2.05, 4.69) is 17.6 Å². The van der Waals surface area contributed by atoms with Gasteiger partial charge in [-0.3, -0.25) is 0 Å². The summed E-state index contributed by atoms with van der Waals surface area (Å²) in [6.07, 6.45) is 2.39. The van der Waals surface area contributed by atoms with Crippen LogP contribution in [0.1, 0.15) is 19.8 Å². The van der Waals surface area contributed by atoms with Crippen molar-refractivity contribution in [2.24, 2.45) is 5.41 Å². The molecular formula is C10H21N3O. The average Bonchev–Trinajstić information content (AvgIpc) is 2.15. The molecule has 0 aromatic rings. The lowest BCUT2D eigenvalue weighted by molar-refractivity contribution is 0.195. The summed E-state index contributed by atoms with van der Waals surface area (Å²) in [6, 6.07) is -0.00296. The average molecular weight is 199 g/mol. The van der Waals surface area contributed by atoms with Crippen molar-refractivity contribution in [3.8, 4) is 0 Å². The third kappa shape index (κ3) is 3.18. The lowest BCUT2D eigenvalue weighted by atomic mass is 9.83. The predicted molar refractivity (Wildman–Crippen MR) is 57.3 cm³/mol. The van der Waals surface area contributed by atoms with Crippen molar-refractivity contribution < 1.29 is 4.79 Å². The van der Waals surface area contributed by atoms with E-state index >= 15 is 0 Å². The molecule has 0 radical (unpaired) electrons. The van der Waals surface area contributed by atoms with Crippen LogP contribution in [-0.4, -0.2) is 44.7 Å². The van der Waals surface area contributed by atoms with E-state index in [0.29, 0.717) is 0 Å². The molecule has 1 saturated heterocycles. The molecule has 4 nitrogen and oxygen atoms in total. The van der Waals surface area contributed by atoms with Crippen molar-refractivity contribution in [2.75, 3.05) is 33.7 Å². The quantitative estimate of drug-likeness (QED) is 0.686. The second kappa shape index (κ2) is 4.64. The highest BCUT2D eigenvalue weighted by atomic mass is 16.2. The number of carbonyl (C=O) groups excluding carboxylic acids is 1. The minimum Gasteiger partial charge on any atom is -0.337 e. The van der Waals surface area contributed by atoms with Crippen molar-refractivity contribution in [2.45, 2.75) is 19.8 Å². The van der Waals surface area contributed by atoms with Gasteiger partial charge >= 0.3 is 6.03 Å². The molecule has 0 saturated carbocycles. The first-order valence-corrected chi connectivity index (χ1v) is 5.19. The topological polar surface area (TPSA) is 44.4 Å². The molecule has 2 amide bonds. The van der Waals surface area contributed by atoms with Crippen molar-refractivity contribution in [3.63, 3.8) is 0 Å². The first-order valence-electron chi connectivity index (χ1n) is 5.19. The summed E-state index contributed by atoms with van der Waals surface area (Å²) in [4.78, 5) is 12.9. The molecule has 0 aliphatic carbocycles. The fraction of sp³-hybridized carbons (Fsp3) is 0.900. The van der Waals surface area contributed by atoms with E-state index < -0.39 is 0 Å². The third-order valence-electron chi connectivity index (χ3n) is 2.76. The lowest BCUT2D eigenvalue weighted by Crippen LogP contribution is -2.47. The smallest absolute Gasteiger partial charge is 0.316 e. The summed E-state index contributed by atoms with van der Waals surface area (Å²) in [5.41, 5.74) is 0.226. The van der Waals surface area contributed by atoms with Crippen LogP contribution in [0.3, 0.4) is 0 Å². The second-order valence-corrected chi connectivity index (χ2v) is 4.64. The van der Waals surface area contributed by atoms with Crippen LogP contribution in [0.4, 0.5) is 4.79 Å². The van der Waals surface area contributed by atoms with Crippen LogP contribution in [0.5, 0.6) is 0 Å². The highest BCUT2D eigenvalue weighted by molar-refractivity contribution is 5.73. The Hall–Kier alpha value is -0.770. The van der Waals surface area contributed by atoms with Gasteiger partial charge in [0.05, 0.1) is 0 Å². The number of nitrogens with zero attached hydrogens (tertiary/aromatic N) is 1. The molecule has 82 valence electrons. The summed E-state index contributed by atoms with van der Waals surface area (Å²) in [5, 5.41) is 6.30. The Morgan fingerprint density at radius 2 is 2.29 bits per heavy atom. The van der Waals surface area contributed by atoms with Gasteiger partial charge in [0.2, 0.25) is 0 Å². The number of hydrogen-bond acceptors (Lipinski definition) is 2. The Balaban J connectivity index is 2.32. The second-order valence-electron chi connectivity index (χ2n) is 4.64. The Bertz CT molecular complexity index is 198. The maximum atomic E-state index is 11.3. The number of amides is 2. The molecule has 4 heteroatoms. The number of piperidine rings is 1. The molecule has 1 rings (SSSR count). The number of hydrogen-bond donors (Lipinski definition) is 2. The number of rotatable bonds is 2. The van der Waals surface area contributed by atoms with Gasteiger partial charge in [-0.25, -0.2) is 4.79 Å². The minimum atomic E-state index is -0.00296. The van der Waals surface area contributed by atoms with Crippen molar-refractivity contribution in [1.29, 1.82) is 0 Å². The Kier molecular flexibility index (Phi) is 3.75. The molecule has 2 N–H and O–H groups in total. The summed E-state index contributed by atoms with van der Waals surface area (Å²) >= 11 is 0. The van der Waals surface area contributed by atoms with E-state index in [1.54, 1.807) is 19.0 Å². The molecule has 1 aliphatic heterocycles. The zero-order valence-electron chi connectivity index (χ0n) is 9.39. The van der Waals surface area contributed by atoms with E-state index in [9.17, 15) is 4.79 Å². The van der Waals surface area contributed by atoms with Crippen molar-refractivity contribution in [3.05, 3.63) is 0 Å². The van der Waals surface area contributed by atoms with Gasteiger partial charge in [-0.1, -0.05) is 6.92 Å². The van der Waals surface area contributed by atoms with Gasteiger partial charge in [-0.05, 0) is 24.8 Å². The molecule has 1 fully saturated rings. The highest BCUT2D eigenvalue weighted by Crippen LogP contribution is 2.23. The SMILES string of the molecule is CN(C)C(=O)NCC1(C)CCCNC1. The normalized spacial score (nSPS) is 27.1. The van der Waals surface area contributed by atoms with E-state index in [4.69, 9.17) is 0 Å². The minimum absolute atomic E-state index is 0.00296. The summed E-state index contributed by atoms with van der Waals surface area (Å²) in [5.74, 6) is 0. The van der Waals surface area contributed by atoms with Gasteiger partial charge in [0, 0.05) is 27.2 Å². The molecule has 0 aromatic carbocycles. The van der Waals surface area contributed by atoms with Gasteiger partial charge in [0.15, 0.2) is 0 Å². The first-order chi connectivity index (χ1) is 6.53. The summed E-state index contributed by atoms with van der Waals surface area (Å²) in [6.45, 7) is 5.09. The maximum absolute atomic E-state index is 11.3. The van der Waals surface area contributed by atoms with E-state index in [1.165, 1.54) is 12.8 Å². The molecular weight excluding hydrogens is 178 g/mol. The Labute approximate surface area is 86.0 Å². The molecule has 1 unspecified atom stereocenters. The molecule has 1 heterocycles. The van der Waals surface area contributed by atoms with Crippen LogP contribution in [-0.2, 0) is 0 Å². The van der Waals surface area contributed by atoms with Gasteiger partial charge in [0.25, 0.3) is 0 Å². The standard InChI is InChI=1S/C10H21N3O/c1-10(5-4-6-11-7-10)8-12-9(14)13(2)3/h11H,4-8H2,1-3H3,(H,12,14). The zero-order chi connectivity index (χ0) is 10.6. The summed E-state index contributed by atoms with van der Waals surface area (Å²) < 4.78 is 0.